The van der Waals surface area contributed by atoms with Gasteiger partial charge in [0.25, 0.3) is 0 Å². The summed E-state index contributed by atoms with van der Waals surface area (Å²) >= 11 is 3.40. The molecule has 1 N–H and O–H groups in total. The largest absolute Gasteiger partial charge is 0.338 e. The van der Waals surface area contributed by atoms with Crippen molar-refractivity contribution in [1.82, 2.24) is 4.57 Å². The minimum Gasteiger partial charge on any atom is -0.338 e. The number of aryl methyl sites for hydroxylation is 1. The smallest absolute Gasteiger partial charge is 0.244 e. The van der Waals surface area contributed by atoms with Crippen LogP contribution >= 0.6 is 15.9 Å². The normalized spacial score (nSPS) is 10.8. The Kier molecular flexibility index (Phi) is 3.80. The van der Waals surface area contributed by atoms with E-state index in [-0.39, 0.29) is 5.91 Å². The van der Waals surface area contributed by atoms with E-state index in [0.29, 0.717) is 6.54 Å². The number of amides is 1. The number of hydrogen-bond donors (Lipinski definition) is 1. The molecule has 0 aliphatic heterocycles. The molecule has 0 radical (unpaired) electrons. The topological polar surface area (TPSA) is 34.0 Å². The van der Waals surface area contributed by atoms with E-state index in [1.54, 1.807) is 0 Å². The third kappa shape index (κ3) is 3.16. The van der Waals surface area contributed by atoms with Gasteiger partial charge in [0.15, 0.2) is 0 Å². The maximum atomic E-state index is 12.2. The second kappa shape index (κ2) is 5.74. The highest BCUT2D eigenvalue weighted by Gasteiger charge is 2.07. The van der Waals surface area contributed by atoms with Gasteiger partial charge in [0, 0.05) is 21.9 Å². The first-order valence-corrected chi connectivity index (χ1v) is 7.52. The number of carbonyl (C=O) groups is 1. The molecule has 0 bridgehead atoms. The first-order chi connectivity index (χ1) is 10.1. The van der Waals surface area contributed by atoms with Crippen molar-refractivity contribution in [2.45, 2.75) is 13.5 Å². The van der Waals surface area contributed by atoms with Crippen molar-refractivity contribution in [2.75, 3.05) is 5.32 Å². The van der Waals surface area contributed by atoms with Crippen LogP contribution < -0.4 is 5.32 Å². The molecule has 0 aliphatic rings. The van der Waals surface area contributed by atoms with Gasteiger partial charge in [-0.3, -0.25) is 4.79 Å². The van der Waals surface area contributed by atoms with Crippen LogP contribution in [0.5, 0.6) is 0 Å². The molecular weight excluding hydrogens is 328 g/mol. The Labute approximate surface area is 131 Å². The standard InChI is InChI=1S/C17H15BrN2O/c1-12-5-6-16-13(9-12)7-8-20(16)11-17(21)19-15-4-2-3-14(18)10-15/h2-10H,11H2,1H3,(H,19,21). The first-order valence-electron chi connectivity index (χ1n) is 6.73. The van der Waals surface area contributed by atoms with Gasteiger partial charge in [-0.25, -0.2) is 0 Å². The molecule has 1 aromatic heterocycles. The van der Waals surface area contributed by atoms with E-state index in [2.05, 4.69) is 46.4 Å². The number of carbonyl (C=O) groups excluding carboxylic acids is 1. The number of halogens is 1. The van der Waals surface area contributed by atoms with Gasteiger partial charge in [0.1, 0.15) is 6.54 Å². The van der Waals surface area contributed by atoms with Gasteiger partial charge in [-0.05, 0) is 48.7 Å². The molecule has 106 valence electrons. The number of fused-ring (bicyclic) bond motifs is 1. The fourth-order valence-electron chi connectivity index (χ4n) is 2.38. The molecule has 1 heterocycles. The third-order valence-corrected chi connectivity index (χ3v) is 3.84. The summed E-state index contributed by atoms with van der Waals surface area (Å²) in [6.45, 7) is 2.37. The lowest BCUT2D eigenvalue weighted by Gasteiger charge is -2.08. The van der Waals surface area contributed by atoms with Gasteiger partial charge in [0.2, 0.25) is 5.91 Å². The summed E-state index contributed by atoms with van der Waals surface area (Å²) in [7, 11) is 0. The lowest BCUT2D eigenvalue weighted by molar-refractivity contribution is -0.116. The van der Waals surface area contributed by atoms with Gasteiger partial charge < -0.3 is 9.88 Å². The van der Waals surface area contributed by atoms with E-state index in [0.717, 1.165) is 21.1 Å². The average molecular weight is 343 g/mol. The predicted molar refractivity (Wildman–Crippen MR) is 89.4 cm³/mol. The first kappa shape index (κ1) is 13.9. The fraction of sp³-hybridized carbons (Fsp3) is 0.118. The van der Waals surface area contributed by atoms with Gasteiger partial charge in [0.05, 0.1) is 0 Å². The molecule has 0 saturated carbocycles. The van der Waals surface area contributed by atoms with Gasteiger partial charge >= 0.3 is 0 Å². The lowest BCUT2D eigenvalue weighted by atomic mass is 10.2. The summed E-state index contributed by atoms with van der Waals surface area (Å²) in [5, 5.41) is 4.06. The fourth-order valence-corrected chi connectivity index (χ4v) is 2.78. The number of benzene rings is 2. The predicted octanol–water partition coefficient (Wildman–Crippen LogP) is 4.35. The minimum atomic E-state index is -0.0359. The van der Waals surface area contributed by atoms with Crippen molar-refractivity contribution in [3.63, 3.8) is 0 Å². The maximum Gasteiger partial charge on any atom is 0.244 e. The second-order valence-corrected chi connectivity index (χ2v) is 5.98. The van der Waals surface area contributed by atoms with Gasteiger partial charge in [-0.1, -0.05) is 33.6 Å². The average Bonchev–Trinajstić information content (AvgIpc) is 2.81. The summed E-state index contributed by atoms with van der Waals surface area (Å²) in [5.41, 5.74) is 3.09. The molecular formula is C17H15BrN2O. The highest BCUT2D eigenvalue weighted by Crippen LogP contribution is 2.18. The number of nitrogens with zero attached hydrogens (tertiary/aromatic N) is 1. The van der Waals surface area contributed by atoms with E-state index >= 15 is 0 Å². The molecule has 0 aliphatic carbocycles. The Hall–Kier alpha value is -2.07. The SMILES string of the molecule is Cc1ccc2c(ccn2CC(=O)Nc2cccc(Br)c2)c1. The summed E-state index contributed by atoms with van der Waals surface area (Å²) < 4.78 is 2.91. The van der Waals surface area contributed by atoms with E-state index in [4.69, 9.17) is 0 Å². The van der Waals surface area contributed by atoms with E-state index < -0.39 is 0 Å². The van der Waals surface area contributed by atoms with Crippen molar-refractivity contribution in [1.29, 1.82) is 0 Å². The molecule has 3 nitrogen and oxygen atoms in total. The molecule has 3 aromatic rings. The molecule has 21 heavy (non-hydrogen) atoms. The highest BCUT2D eigenvalue weighted by molar-refractivity contribution is 9.10. The van der Waals surface area contributed by atoms with Crippen LogP contribution in [0, 0.1) is 6.92 Å². The zero-order valence-electron chi connectivity index (χ0n) is 11.6. The van der Waals surface area contributed by atoms with Crippen molar-refractivity contribution in [3.05, 3.63) is 64.8 Å². The van der Waals surface area contributed by atoms with Gasteiger partial charge in [-0.15, -0.1) is 0 Å². The van der Waals surface area contributed by atoms with Crippen LogP contribution in [0.25, 0.3) is 10.9 Å². The number of aromatic nitrogens is 1. The van der Waals surface area contributed by atoms with Crippen LogP contribution in [0.1, 0.15) is 5.56 Å². The summed E-state index contributed by atoms with van der Waals surface area (Å²) in [4.78, 5) is 12.2. The number of hydrogen-bond acceptors (Lipinski definition) is 1. The van der Waals surface area contributed by atoms with Gasteiger partial charge in [-0.2, -0.15) is 0 Å². The lowest BCUT2D eigenvalue weighted by Crippen LogP contribution is -2.18. The van der Waals surface area contributed by atoms with Crippen LogP contribution in [0.4, 0.5) is 5.69 Å². The van der Waals surface area contributed by atoms with Crippen molar-refractivity contribution in [2.24, 2.45) is 0 Å². The maximum absolute atomic E-state index is 12.2. The quantitative estimate of drug-likeness (QED) is 0.754. The van der Waals surface area contributed by atoms with Crippen LogP contribution in [0.15, 0.2) is 59.2 Å². The summed E-state index contributed by atoms with van der Waals surface area (Å²) in [6.07, 6.45) is 1.95. The van der Waals surface area contributed by atoms with E-state index in [1.165, 1.54) is 5.56 Å². The molecule has 0 atom stereocenters. The summed E-state index contributed by atoms with van der Waals surface area (Å²) in [5.74, 6) is -0.0359. The molecule has 0 unspecified atom stereocenters. The van der Waals surface area contributed by atoms with Crippen LogP contribution in [0.3, 0.4) is 0 Å². The Bertz CT molecular complexity index is 807. The molecule has 3 rings (SSSR count). The third-order valence-electron chi connectivity index (χ3n) is 3.35. The number of anilines is 1. The Morgan fingerprint density at radius 2 is 2.05 bits per heavy atom. The Morgan fingerprint density at radius 3 is 2.86 bits per heavy atom. The molecule has 2 aromatic carbocycles. The second-order valence-electron chi connectivity index (χ2n) is 5.06. The van der Waals surface area contributed by atoms with Crippen LogP contribution in [-0.4, -0.2) is 10.5 Å². The molecule has 4 heteroatoms. The number of nitrogens with one attached hydrogen (secondary N) is 1. The molecule has 1 amide bonds. The van der Waals surface area contributed by atoms with E-state index in [9.17, 15) is 4.79 Å². The van der Waals surface area contributed by atoms with Crippen LogP contribution in [-0.2, 0) is 11.3 Å². The molecule has 0 fully saturated rings. The highest BCUT2D eigenvalue weighted by atomic mass is 79.9. The molecule has 0 saturated heterocycles. The molecule has 0 spiro atoms. The zero-order valence-corrected chi connectivity index (χ0v) is 13.2. The van der Waals surface area contributed by atoms with Crippen molar-refractivity contribution < 1.29 is 4.79 Å². The zero-order chi connectivity index (χ0) is 14.8. The summed E-state index contributed by atoms with van der Waals surface area (Å²) in [6, 6.07) is 15.9. The van der Waals surface area contributed by atoms with Crippen molar-refractivity contribution in [3.8, 4) is 0 Å². The Morgan fingerprint density at radius 1 is 1.19 bits per heavy atom. The minimum absolute atomic E-state index is 0.0359. The van der Waals surface area contributed by atoms with Crippen molar-refractivity contribution >= 4 is 38.4 Å². The Balaban J connectivity index is 1.77. The van der Waals surface area contributed by atoms with E-state index in [1.807, 2.05) is 41.1 Å². The number of rotatable bonds is 3. The van der Waals surface area contributed by atoms with Crippen LogP contribution in [0.2, 0.25) is 0 Å². The monoisotopic (exact) mass is 342 g/mol.